The number of rotatable bonds is 4. The van der Waals surface area contributed by atoms with Gasteiger partial charge in [-0.05, 0) is 41.5 Å². The van der Waals surface area contributed by atoms with Gasteiger partial charge in [-0.3, -0.25) is 4.98 Å². The minimum atomic E-state index is -0.482. The molecule has 1 amide bonds. The number of nitrogens with one attached hydrogen (secondary N) is 1. The molecule has 1 fully saturated rings. The van der Waals surface area contributed by atoms with E-state index in [-0.39, 0.29) is 11.9 Å². The van der Waals surface area contributed by atoms with Gasteiger partial charge >= 0.3 is 6.09 Å². The van der Waals surface area contributed by atoms with Gasteiger partial charge < -0.3 is 14.8 Å². The zero-order valence-electron chi connectivity index (χ0n) is 14.6. The van der Waals surface area contributed by atoms with Crippen LogP contribution in [0.25, 0.3) is 11.3 Å². The monoisotopic (exact) mass is 364 g/mol. The number of cyclic esters (lactones) is 1. The molecule has 0 saturated carbocycles. The van der Waals surface area contributed by atoms with Crippen LogP contribution in [0.3, 0.4) is 0 Å². The van der Waals surface area contributed by atoms with E-state index in [9.17, 15) is 9.18 Å². The third-order valence-corrected chi connectivity index (χ3v) is 4.50. The van der Waals surface area contributed by atoms with Gasteiger partial charge in [-0.15, -0.1) is 0 Å². The maximum absolute atomic E-state index is 13.1. The molecule has 3 aromatic rings. The van der Waals surface area contributed by atoms with Gasteiger partial charge in [0.05, 0.1) is 25.0 Å². The minimum absolute atomic E-state index is 0.356. The van der Waals surface area contributed by atoms with Crippen molar-refractivity contribution in [1.29, 1.82) is 0 Å². The summed E-state index contributed by atoms with van der Waals surface area (Å²) in [7, 11) is 1.59. The van der Waals surface area contributed by atoms with Crippen LogP contribution < -0.4 is 10.1 Å². The Morgan fingerprint density at radius 1 is 1.07 bits per heavy atom. The van der Waals surface area contributed by atoms with E-state index in [1.165, 1.54) is 12.3 Å². The van der Waals surface area contributed by atoms with Crippen LogP contribution in [-0.4, -0.2) is 18.2 Å². The average Bonchev–Trinajstić information content (AvgIpc) is 3.10. The lowest BCUT2D eigenvalue weighted by Crippen LogP contribution is -2.19. The van der Waals surface area contributed by atoms with Crippen molar-refractivity contribution < 1.29 is 18.7 Å². The molecule has 1 aliphatic heterocycles. The lowest BCUT2D eigenvalue weighted by atomic mass is 9.94. The van der Waals surface area contributed by atoms with E-state index in [4.69, 9.17) is 9.47 Å². The second kappa shape index (κ2) is 7.07. The van der Waals surface area contributed by atoms with Gasteiger partial charge in [-0.25, -0.2) is 9.18 Å². The van der Waals surface area contributed by atoms with E-state index >= 15 is 0 Å². The van der Waals surface area contributed by atoms with E-state index in [1.54, 1.807) is 13.2 Å². The van der Waals surface area contributed by atoms with Crippen molar-refractivity contribution in [2.45, 2.75) is 12.1 Å². The van der Waals surface area contributed by atoms with Crippen LogP contribution in [0.1, 0.15) is 23.3 Å². The maximum Gasteiger partial charge on any atom is 0.408 e. The number of carbonyl (C=O) groups is 1. The quantitative estimate of drug-likeness (QED) is 0.745. The van der Waals surface area contributed by atoms with E-state index in [0.29, 0.717) is 11.4 Å². The molecule has 2 aromatic carbocycles. The number of nitrogens with zero attached hydrogens (tertiary/aromatic N) is 1. The molecule has 27 heavy (non-hydrogen) atoms. The van der Waals surface area contributed by atoms with E-state index in [0.717, 1.165) is 16.7 Å². The molecule has 1 aromatic heterocycles. The summed E-state index contributed by atoms with van der Waals surface area (Å²) in [6.07, 6.45) is 0.226. The Labute approximate surface area is 155 Å². The number of alkyl carbamates (subject to hydrolysis) is 1. The van der Waals surface area contributed by atoms with Crippen LogP contribution in [0.4, 0.5) is 9.18 Å². The molecule has 2 heterocycles. The number of pyridine rings is 1. The number of hydrogen-bond donors (Lipinski definition) is 1. The Bertz CT molecular complexity index is 975. The molecule has 5 nitrogen and oxygen atoms in total. The number of carbonyl (C=O) groups excluding carboxylic acids is 1. The van der Waals surface area contributed by atoms with Crippen LogP contribution in [0.2, 0.25) is 0 Å². The number of halogens is 1. The molecule has 0 unspecified atom stereocenters. The molecule has 0 bridgehead atoms. The summed E-state index contributed by atoms with van der Waals surface area (Å²) in [6.45, 7) is 0. The predicted molar refractivity (Wildman–Crippen MR) is 97.7 cm³/mol. The van der Waals surface area contributed by atoms with Crippen LogP contribution >= 0.6 is 0 Å². The van der Waals surface area contributed by atoms with Crippen molar-refractivity contribution in [3.05, 3.63) is 83.8 Å². The van der Waals surface area contributed by atoms with Crippen molar-refractivity contribution in [2.24, 2.45) is 0 Å². The van der Waals surface area contributed by atoms with Crippen molar-refractivity contribution in [3.8, 4) is 17.0 Å². The average molecular weight is 364 g/mol. The topological polar surface area (TPSA) is 60.5 Å². The maximum atomic E-state index is 13.1. The van der Waals surface area contributed by atoms with Gasteiger partial charge in [0.1, 0.15) is 11.6 Å². The lowest BCUT2D eigenvalue weighted by Gasteiger charge is -2.19. The van der Waals surface area contributed by atoms with Crippen LogP contribution in [0.5, 0.6) is 5.75 Å². The fourth-order valence-electron chi connectivity index (χ4n) is 3.20. The van der Waals surface area contributed by atoms with Crippen LogP contribution in [-0.2, 0) is 4.74 Å². The number of ether oxygens (including phenoxy) is 2. The van der Waals surface area contributed by atoms with Crippen LogP contribution in [0, 0.1) is 5.82 Å². The Kier molecular flexibility index (Phi) is 4.46. The number of aromatic nitrogens is 1. The summed E-state index contributed by atoms with van der Waals surface area (Å²) in [6, 6.07) is 17.7. The fourth-order valence-corrected chi connectivity index (χ4v) is 3.20. The molecule has 4 rings (SSSR count). The summed E-state index contributed by atoms with van der Waals surface area (Å²) in [5.41, 5.74) is 3.19. The van der Waals surface area contributed by atoms with E-state index in [1.807, 2.05) is 48.5 Å². The molecule has 0 spiro atoms. The highest BCUT2D eigenvalue weighted by Crippen LogP contribution is 2.38. The summed E-state index contributed by atoms with van der Waals surface area (Å²) in [5.74, 6) is 0.308. The molecule has 136 valence electrons. The highest BCUT2D eigenvalue weighted by Gasteiger charge is 2.36. The smallest absolute Gasteiger partial charge is 0.408 e. The number of amides is 1. The summed E-state index contributed by atoms with van der Waals surface area (Å²) in [4.78, 5) is 16.1. The molecule has 1 aliphatic rings. The van der Waals surface area contributed by atoms with Gasteiger partial charge in [0.2, 0.25) is 0 Å². The van der Waals surface area contributed by atoms with E-state index in [2.05, 4.69) is 10.3 Å². The number of hydrogen-bond acceptors (Lipinski definition) is 4. The van der Waals surface area contributed by atoms with Crippen molar-refractivity contribution in [1.82, 2.24) is 10.3 Å². The molecule has 1 saturated heterocycles. The Hall–Kier alpha value is -3.41. The normalized spacial score (nSPS) is 18.7. The number of methoxy groups -OCH3 is 1. The first-order chi connectivity index (χ1) is 13.1. The van der Waals surface area contributed by atoms with Crippen molar-refractivity contribution in [2.75, 3.05) is 7.11 Å². The van der Waals surface area contributed by atoms with Gasteiger partial charge in [0, 0.05) is 5.56 Å². The second-order valence-electron chi connectivity index (χ2n) is 6.21. The summed E-state index contributed by atoms with van der Waals surface area (Å²) in [5, 5.41) is 2.86. The Balaban J connectivity index is 1.69. The predicted octanol–water partition coefficient (Wildman–Crippen LogP) is 4.42. The summed E-state index contributed by atoms with van der Waals surface area (Å²) < 4.78 is 23.9. The van der Waals surface area contributed by atoms with Gasteiger partial charge in [-0.1, -0.05) is 30.3 Å². The molecule has 2 atom stereocenters. The largest absolute Gasteiger partial charge is 0.497 e. The fraction of sp³-hybridized carbons (Fsp3) is 0.143. The first kappa shape index (κ1) is 17.0. The third kappa shape index (κ3) is 3.46. The second-order valence-corrected chi connectivity index (χ2v) is 6.21. The van der Waals surface area contributed by atoms with Crippen molar-refractivity contribution >= 4 is 6.09 Å². The van der Waals surface area contributed by atoms with Crippen LogP contribution in [0.15, 0.2) is 66.9 Å². The van der Waals surface area contributed by atoms with Crippen molar-refractivity contribution in [3.63, 3.8) is 0 Å². The highest BCUT2D eigenvalue weighted by atomic mass is 19.1. The highest BCUT2D eigenvalue weighted by molar-refractivity contribution is 5.71. The first-order valence-corrected chi connectivity index (χ1v) is 8.47. The molecule has 0 aliphatic carbocycles. The SMILES string of the molecule is COc1cccc([C@H]2OC(=O)N[C@@H]2c2cccc(-c3ccc(F)cn3)c2)c1. The Morgan fingerprint density at radius 2 is 1.89 bits per heavy atom. The zero-order chi connectivity index (χ0) is 18.8. The minimum Gasteiger partial charge on any atom is -0.497 e. The lowest BCUT2D eigenvalue weighted by molar-refractivity contribution is 0.132. The molecule has 0 radical (unpaired) electrons. The standard InChI is InChI=1S/C21H17FN2O3/c1-26-17-7-3-6-15(11-17)20-19(24-21(25)27-20)14-5-2-4-13(10-14)18-9-8-16(22)12-23-18/h2-12,19-20H,1H3,(H,24,25)/t19-,20-/m1/s1. The van der Waals surface area contributed by atoms with Gasteiger partial charge in [0.25, 0.3) is 0 Å². The van der Waals surface area contributed by atoms with Gasteiger partial charge in [-0.2, -0.15) is 0 Å². The summed E-state index contributed by atoms with van der Waals surface area (Å²) >= 11 is 0. The molecule has 1 N–H and O–H groups in total. The Morgan fingerprint density at radius 3 is 2.67 bits per heavy atom. The zero-order valence-corrected chi connectivity index (χ0v) is 14.6. The molecular weight excluding hydrogens is 347 g/mol. The first-order valence-electron chi connectivity index (χ1n) is 8.47. The molecular formula is C21H17FN2O3. The van der Waals surface area contributed by atoms with E-state index < -0.39 is 12.2 Å². The molecule has 6 heteroatoms. The third-order valence-electron chi connectivity index (χ3n) is 4.50. The number of benzene rings is 2. The van der Waals surface area contributed by atoms with Gasteiger partial charge in [0.15, 0.2) is 6.10 Å².